The molecule has 4 rings (SSSR count). The molecule has 1 N–H and O–H groups in total. The lowest BCUT2D eigenvalue weighted by Crippen LogP contribution is -2.35. The Bertz CT molecular complexity index is 1200. The Morgan fingerprint density at radius 1 is 0.970 bits per heavy atom. The van der Waals surface area contributed by atoms with E-state index in [9.17, 15) is 13.8 Å². The molecule has 0 radical (unpaired) electrons. The number of nitrogens with one attached hydrogen (secondary N) is 1. The number of hydrogen-bond acceptors (Lipinski definition) is 4. The van der Waals surface area contributed by atoms with Gasteiger partial charge >= 0.3 is 0 Å². The zero-order valence-electron chi connectivity index (χ0n) is 18.8. The minimum absolute atomic E-state index is 0.209. The maximum Gasteiger partial charge on any atom is 0.259 e. The summed E-state index contributed by atoms with van der Waals surface area (Å²) in [6.45, 7) is 6.34. The van der Waals surface area contributed by atoms with Gasteiger partial charge in [0.25, 0.3) is 11.8 Å². The van der Waals surface area contributed by atoms with Crippen molar-refractivity contribution in [1.29, 1.82) is 0 Å². The van der Waals surface area contributed by atoms with Gasteiger partial charge in [0, 0.05) is 37.4 Å². The average Bonchev–Trinajstić information content (AvgIpc) is 2.95. The summed E-state index contributed by atoms with van der Waals surface area (Å²) in [6, 6.07) is 22.1. The summed E-state index contributed by atoms with van der Waals surface area (Å²) in [4.78, 5) is 30.9. The first-order valence-electron chi connectivity index (χ1n) is 11.1. The van der Waals surface area contributed by atoms with Crippen LogP contribution < -0.4 is 15.1 Å². The SMILES string of the molecule is CCN(CCNC(=O)c1ccc2c(c1)N(CC)C(=O)c1ccccc1S2=O)c1ccccc1. The smallest absolute Gasteiger partial charge is 0.259 e. The largest absolute Gasteiger partial charge is 0.370 e. The Hall–Kier alpha value is -3.45. The maximum absolute atomic E-state index is 13.3. The van der Waals surface area contributed by atoms with Crippen molar-refractivity contribution in [3.05, 3.63) is 83.9 Å². The first-order valence-corrected chi connectivity index (χ1v) is 12.2. The predicted molar refractivity (Wildman–Crippen MR) is 132 cm³/mol. The number of para-hydroxylation sites is 1. The average molecular weight is 462 g/mol. The van der Waals surface area contributed by atoms with Crippen LogP contribution in [0.3, 0.4) is 0 Å². The number of benzene rings is 3. The number of nitrogens with zero attached hydrogens (tertiary/aromatic N) is 2. The highest BCUT2D eigenvalue weighted by Gasteiger charge is 2.30. The number of hydrogen-bond donors (Lipinski definition) is 1. The minimum Gasteiger partial charge on any atom is -0.370 e. The Balaban J connectivity index is 1.54. The van der Waals surface area contributed by atoms with Gasteiger partial charge in [-0.3, -0.25) is 9.59 Å². The number of carbonyl (C=O) groups is 2. The highest BCUT2D eigenvalue weighted by molar-refractivity contribution is 7.85. The molecule has 3 aromatic carbocycles. The number of fused-ring (bicyclic) bond motifs is 2. The molecule has 1 aliphatic heterocycles. The topological polar surface area (TPSA) is 69.7 Å². The molecule has 0 saturated heterocycles. The van der Waals surface area contributed by atoms with Crippen LogP contribution in [0.2, 0.25) is 0 Å². The van der Waals surface area contributed by atoms with Gasteiger partial charge in [-0.15, -0.1) is 0 Å². The third kappa shape index (κ3) is 4.54. The molecular weight excluding hydrogens is 434 g/mol. The third-order valence-corrected chi connectivity index (χ3v) is 7.26. The molecule has 2 amide bonds. The second kappa shape index (κ2) is 10.0. The van der Waals surface area contributed by atoms with Crippen molar-refractivity contribution in [2.75, 3.05) is 36.0 Å². The first kappa shape index (κ1) is 22.7. The summed E-state index contributed by atoms with van der Waals surface area (Å²) < 4.78 is 13.3. The van der Waals surface area contributed by atoms with Crippen LogP contribution in [-0.2, 0) is 10.8 Å². The second-order valence-electron chi connectivity index (χ2n) is 7.67. The lowest BCUT2D eigenvalue weighted by Gasteiger charge is -2.23. The van der Waals surface area contributed by atoms with E-state index in [1.54, 1.807) is 47.4 Å². The summed E-state index contributed by atoms with van der Waals surface area (Å²) in [5.41, 5.74) is 2.49. The molecule has 0 aromatic heterocycles. The monoisotopic (exact) mass is 461 g/mol. The first-order chi connectivity index (χ1) is 16.0. The lowest BCUT2D eigenvalue weighted by molar-refractivity contribution is 0.0951. The van der Waals surface area contributed by atoms with E-state index < -0.39 is 10.8 Å². The van der Waals surface area contributed by atoms with E-state index in [0.717, 1.165) is 12.2 Å². The van der Waals surface area contributed by atoms with Gasteiger partial charge in [-0.25, -0.2) is 4.21 Å². The number of rotatable bonds is 7. The van der Waals surface area contributed by atoms with Crippen molar-refractivity contribution in [3.8, 4) is 0 Å². The van der Waals surface area contributed by atoms with Crippen LogP contribution in [0, 0.1) is 0 Å². The van der Waals surface area contributed by atoms with Crippen molar-refractivity contribution < 1.29 is 13.8 Å². The van der Waals surface area contributed by atoms with Gasteiger partial charge in [0.15, 0.2) is 0 Å². The molecule has 0 aliphatic carbocycles. The Kier molecular flexibility index (Phi) is 6.89. The van der Waals surface area contributed by atoms with Crippen molar-refractivity contribution in [2.24, 2.45) is 0 Å². The predicted octanol–water partition coefficient (Wildman–Crippen LogP) is 4.09. The molecule has 0 spiro atoms. The number of amides is 2. The Morgan fingerprint density at radius 3 is 2.42 bits per heavy atom. The third-order valence-electron chi connectivity index (χ3n) is 5.76. The highest BCUT2D eigenvalue weighted by Crippen LogP contribution is 2.35. The number of likely N-dealkylation sites (N-methyl/N-ethyl adjacent to an activating group) is 1. The van der Waals surface area contributed by atoms with Gasteiger partial charge in [-0.2, -0.15) is 0 Å². The molecule has 0 bridgehead atoms. The zero-order valence-corrected chi connectivity index (χ0v) is 19.6. The molecule has 0 saturated carbocycles. The van der Waals surface area contributed by atoms with Crippen LogP contribution in [0.5, 0.6) is 0 Å². The maximum atomic E-state index is 13.3. The fourth-order valence-electron chi connectivity index (χ4n) is 4.03. The molecule has 1 aliphatic rings. The molecule has 1 unspecified atom stereocenters. The summed E-state index contributed by atoms with van der Waals surface area (Å²) in [7, 11) is -1.51. The van der Waals surface area contributed by atoms with Crippen molar-refractivity contribution in [1.82, 2.24) is 5.32 Å². The van der Waals surface area contributed by atoms with E-state index in [1.165, 1.54) is 0 Å². The van der Waals surface area contributed by atoms with Crippen LogP contribution in [0.25, 0.3) is 0 Å². The minimum atomic E-state index is -1.51. The molecule has 1 heterocycles. The molecular formula is C26H27N3O3S. The van der Waals surface area contributed by atoms with E-state index in [0.29, 0.717) is 46.2 Å². The van der Waals surface area contributed by atoms with Gasteiger partial charge in [-0.05, 0) is 56.3 Å². The van der Waals surface area contributed by atoms with Crippen LogP contribution in [0.4, 0.5) is 11.4 Å². The standard InChI is InChI=1S/C26H27N3O3S/c1-3-28(20-10-6-5-7-11-20)17-16-27-25(30)19-14-15-24-22(18-19)29(4-2)26(31)21-12-8-9-13-23(21)33(24)32/h5-15,18H,3-4,16-17H2,1-2H3,(H,27,30). The highest BCUT2D eigenvalue weighted by atomic mass is 32.2. The zero-order chi connectivity index (χ0) is 23.4. The van der Waals surface area contributed by atoms with Crippen LogP contribution in [-0.4, -0.2) is 42.2 Å². The fourth-order valence-corrected chi connectivity index (χ4v) is 5.38. The van der Waals surface area contributed by atoms with Crippen LogP contribution >= 0.6 is 0 Å². The molecule has 33 heavy (non-hydrogen) atoms. The number of anilines is 2. The van der Waals surface area contributed by atoms with Gasteiger partial charge in [0.05, 0.1) is 31.8 Å². The van der Waals surface area contributed by atoms with Crippen molar-refractivity contribution in [2.45, 2.75) is 23.6 Å². The normalized spacial score (nSPS) is 14.8. The van der Waals surface area contributed by atoms with E-state index >= 15 is 0 Å². The molecule has 6 nitrogen and oxygen atoms in total. The van der Waals surface area contributed by atoms with E-state index in [1.807, 2.05) is 37.3 Å². The second-order valence-corrected chi connectivity index (χ2v) is 9.09. The van der Waals surface area contributed by atoms with Gasteiger partial charge in [-0.1, -0.05) is 30.3 Å². The van der Waals surface area contributed by atoms with Crippen LogP contribution in [0.15, 0.2) is 82.6 Å². The fraction of sp³-hybridized carbons (Fsp3) is 0.231. The molecule has 170 valence electrons. The quantitative estimate of drug-likeness (QED) is 0.575. The summed E-state index contributed by atoms with van der Waals surface area (Å²) in [5, 5.41) is 2.97. The van der Waals surface area contributed by atoms with E-state index in [-0.39, 0.29) is 11.8 Å². The summed E-state index contributed by atoms with van der Waals surface area (Å²) >= 11 is 0. The Labute approximate surface area is 196 Å². The van der Waals surface area contributed by atoms with Crippen molar-refractivity contribution in [3.63, 3.8) is 0 Å². The molecule has 3 aromatic rings. The summed E-state index contributed by atoms with van der Waals surface area (Å²) in [5.74, 6) is -0.433. The van der Waals surface area contributed by atoms with Crippen molar-refractivity contribution >= 4 is 34.0 Å². The van der Waals surface area contributed by atoms with Gasteiger partial charge < -0.3 is 15.1 Å². The molecule has 1 atom stereocenters. The summed E-state index contributed by atoms with van der Waals surface area (Å²) in [6.07, 6.45) is 0. The van der Waals surface area contributed by atoms with Gasteiger partial charge in [0.2, 0.25) is 0 Å². The van der Waals surface area contributed by atoms with Crippen LogP contribution in [0.1, 0.15) is 34.6 Å². The lowest BCUT2D eigenvalue weighted by atomic mass is 10.1. The number of carbonyl (C=O) groups excluding carboxylic acids is 2. The van der Waals surface area contributed by atoms with E-state index in [2.05, 4.69) is 17.1 Å². The van der Waals surface area contributed by atoms with E-state index in [4.69, 9.17) is 0 Å². The van der Waals surface area contributed by atoms with Gasteiger partial charge in [0.1, 0.15) is 0 Å². The molecule has 7 heteroatoms. The molecule has 0 fully saturated rings. The Morgan fingerprint density at radius 2 is 1.70 bits per heavy atom.